The van der Waals surface area contributed by atoms with Gasteiger partial charge in [0.25, 0.3) is 5.91 Å². The van der Waals surface area contributed by atoms with Crippen molar-refractivity contribution in [1.29, 1.82) is 0 Å². The highest BCUT2D eigenvalue weighted by atomic mass is 35.5. The largest absolute Gasteiger partial charge is 0.321 e. The lowest BCUT2D eigenvalue weighted by atomic mass is 9.63. The van der Waals surface area contributed by atoms with E-state index in [0.29, 0.717) is 38.8 Å². The number of hydrogen-bond acceptors (Lipinski definition) is 3. The molecule has 1 aliphatic heterocycles. The van der Waals surface area contributed by atoms with Crippen LogP contribution < -0.4 is 10.2 Å². The lowest BCUT2D eigenvalue weighted by Gasteiger charge is -2.37. The van der Waals surface area contributed by atoms with Crippen molar-refractivity contribution in [2.75, 3.05) is 10.2 Å². The molecule has 5 nitrogen and oxygen atoms in total. The predicted molar refractivity (Wildman–Crippen MR) is 118 cm³/mol. The molecule has 5 aliphatic rings. The van der Waals surface area contributed by atoms with Gasteiger partial charge in [0.2, 0.25) is 11.8 Å². The number of nitrogens with one attached hydrogen (secondary N) is 1. The van der Waals surface area contributed by atoms with E-state index in [1.54, 1.807) is 42.5 Å². The van der Waals surface area contributed by atoms with E-state index < -0.39 is 0 Å². The molecule has 2 bridgehead atoms. The van der Waals surface area contributed by atoms with E-state index in [9.17, 15) is 14.4 Å². The van der Waals surface area contributed by atoms with E-state index in [2.05, 4.69) is 17.5 Å². The lowest BCUT2D eigenvalue weighted by molar-refractivity contribution is -0.124. The molecule has 0 radical (unpaired) electrons. The fourth-order valence-corrected chi connectivity index (χ4v) is 6.24. The molecule has 2 saturated carbocycles. The number of benzene rings is 2. The van der Waals surface area contributed by atoms with Gasteiger partial charge < -0.3 is 5.32 Å². The quantitative estimate of drug-likeness (QED) is 0.536. The second-order valence-corrected chi connectivity index (χ2v) is 9.64. The number of anilines is 2. The van der Waals surface area contributed by atoms with Crippen molar-refractivity contribution in [2.45, 2.75) is 6.42 Å². The fourth-order valence-electron chi connectivity index (χ4n) is 5.78. The number of hydrogen-bond donors (Lipinski definition) is 1. The van der Waals surface area contributed by atoms with Crippen molar-refractivity contribution in [1.82, 2.24) is 0 Å². The van der Waals surface area contributed by atoms with Crippen LogP contribution in [0, 0.1) is 35.5 Å². The van der Waals surface area contributed by atoms with Crippen molar-refractivity contribution in [3.05, 3.63) is 70.2 Å². The molecule has 0 unspecified atom stereocenters. The number of carbonyl (C=O) groups is 3. The highest BCUT2D eigenvalue weighted by molar-refractivity contribution is 6.36. The second-order valence-electron chi connectivity index (χ2n) is 8.80. The first kappa shape index (κ1) is 19.1. The Morgan fingerprint density at radius 2 is 1.61 bits per heavy atom. The van der Waals surface area contributed by atoms with Gasteiger partial charge in [-0.1, -0.05) is 41.4 Å². The van der Waals surface area contributed by atoms with Crippen LogP contribution in [0.1, 0.15) is 16.8 Å². The van der Waals surface area contributed by atoms with E-state index >= 15 is 0 Å². The Labute approximate surface area is 189 Å². The Morgan fingerprint density at radius 1 is 0.935 bits per heavy atom. The van der Waals surface area contributed by atoms with Crippen molar-refractivity contribution in [3.63, 3.8) is 0 Å². The fraction of sp³-hybridized carbons (Fsp3) is 0.292. The Kier molecular flexibility index (Phi) is 4.11. The molecule has 3 amide bonds. The predicted octanol–water partition coefficient (Wildman–Crippen LogP) is 4.80. The van der Waals surface area contributed by atoms with Crippen LogP contribution in [-0.4, -0.2) is 17.7 Å². The summed E-state index contributed by atoms with van der Waals surface area (Å²) < 4.78 is 0. The topological polar surface area (TPSA) is 66.5 Å². The minimum atomic E-state index is -0.384. The summed E-state index contributed by atoms with van der Waals surface area (Å²) in [7, 11) is 0. The van der Waals surface area contributed by atoms with Gasteiger partial charge >= 0.3 is 0 Å². The zero-order chi connectivity index (χ0) is 21.4. The van der Waals surface area contributed by atoms with E-state index in [1.165, 1.54) is 4.90 Å². The number of allylic oxidation sites excluding steroid dienone is 2. The summed E-state index contributed by atoms with van der Waals surface area (Å²) in [5, 5.41) is 3.55. The third-order valence-electron chi connectivity index (χ3n) is 7.21. The van der Waals surface area contributed by atoms with Crippen LogP contribution in [0.2, 0.25) is 10.0 Å². The van der Waals surface area contributed by atoms with Crippen LogP contribution in [0.25, 0.3) is 0 Å². The maximum absolute atomic E-state index is 13.3. The van der Waals surface area contributed by atoms with Crippen LogP contribution in [0.4, 0.5) is 11.4 Å². The molecule has 0 spiro atoms. The van der Waals surface area contributed by atoms with E-state index in [-0.39, 0.29) is 41.4 Å². The number of rotatable bonds is 3. The van der Waals surface area contributed by atoms with E-state index in [4.69, 9.17) is 23.2 Å². The first-order valence-electron chi connectivity index (χ1n) is 10.4. The molecule has 156 valence electrons. The number of amides is 3. The summed E-state index contributed by atoms with van der Waals surface area (Å²) in [6.07, 6.45) is 5.42. The summed E-state index contributed by atoms with van der Waals surface area (Å²) >= 11 is 12.1. The highest BCUT2D eigenvalue weighted by Gasteiger charge is 2.67. The van der Waals surface area contributed by atoms with Crippen LogP contribution >= 0.6 is 23.2 Å². The Bertz CT molecular complexity index is 1160. The second kappa shape index (κ2) is 6.68. The van der Waals surface area contributed by atoms with Gasteiger partial charge in [-0.25, -0.2) is 4.90 Å². The number of imide groups is 1. The van der Waals surface area contributed by atoms with Gasteiger partial charge in [0, 0.05) is 10.6 Å². The molecule has 31 heavy (non-hydrogen) atoms. The molecule has 3 fully saturated rings. The van der Waals surface area contributed by atoms with Gasteiger partial charge in [-0.2, -0.15) is 0 Å². The summed E-state index contributed by atoms with van der Waals surface area (Å²) in [4.78, 5) is 40.7. The standard InChI is InChI=1S/C24H18Cl2N2O3/c25-12-4-7-19(18(26)9-12)27-22(29)11-2-1-3-13(8-11)28-23(30)20-14-5-6-15(17-10-16(14)17)21(20)24(28)31/h1-9,14-17,20-21H,10H2,(H,27,29)/t14-,15-,16-,17-,20+,21+/m1/s1. The Balaban J connectivity index is 1.28. The van der Waals surface area contributed by atoms with Crippen molar-refractivity contribution in [3.8, 4) is 0 Å². The highest BCUT2D eigenvalue weighted by Crippen LogP contribution is 2.65. The third kappa shape index (κ3) is 2.80. The van der Waals surface area contributed by atoms with E-state index in [1.807, 2.05) is 0 Å². The minimum Gasteiger partial charge on any atom is -0.321 e. The van der Waals surface area contributed by atoms with Crippen molar-refractivity contribution < 1.29 is 14.4 Å². The normalized spacial score (nSPS) is 32.1. The van der Waals surface area contributed by atoms with Gasteiger partial charge in [0.05, 0.1) is 28.2 Å². The summed E-state index contributed by atoms with van der Waals surface area (Å²) in [5.74, 6) is 0.234. The van der Waals surface area contributed by atoms with Gasteiger partial charge in [0.15, 0.2) is 0 Å². The minimum absolute atomic E-state index is 0.141. The van der Waals surface area contributed by atoms with Crippen molar-refractivity contribution >= 4 is 52.3 Å². The van der Waals surface area contributed by atoms with Gasteiger partial charge in [-0.15, -0.1) is 0 Å². The molecular weight excluding hydrogens is 435 g/mol. The summed E-state index contributed by atoms with van der Waals surface area (Å²) in [6, 6.07) is 11.4. The molecule has 7 heteroatoms. The monoisotopic (exact) mass is 452 g/mol. The molecule has 2 aromatic rings. The average Bonchev–Trinajstić information content (AvgIpc) is 3.53. The zero-order valence-electron chi connectivity index (χ0n) is 16.3. The van der Waals surface area contributed by atoms with Crippen LogP contribution in [0.3, 0.4) is 0 Å². The molecule has 7 rings (SSSR count). The molecule has 0 aromatic heterocycles. The number of carbonyl (C=O) groups excluding carboxylic acids is 3. The zero-order valence-corrected chi connectivity index (χ0v) is 17.8. The third-order valence-corrected chi connectivity index (χ3v) is 7.76. The molecule has 1 N–H and O–H groups in total. The van der Waals surface area contributed by atoms with Crippen molar-refractivity contribution in [2.24, 2.45) is 35.5 Å². The molecule has 1 saturated heterocycles. The van der Waals surface area contributed by atoms with Gasteiger partial charge in [-0.3, -0.25) is 14.4 Å². The Morgan fingerprint density at radius 3 is 2.26 bits per heavy atom. The van der Waals surface area contributed by atoms with Crippen LogP contribution in [0.5, 0.6) is 0 Å². The summed E-state index contributed by atoms with van der Waals surface area (Å²) in [5.41, 5.74) is 1.21. The number of halogens is 2. The SMILES string of the molecule is O=C(Nc1ccc(Cl)cc1Cl)c1cccc(N2C(=O)[C@H]3[C@@H]4C=C[C@H]([C@H]5C[C@H]45)[C@@H]3C2=O)c1. The molecule has 4 aliphatic carbocycles. The average molecular weight is 453 g/mol. The first-order chi connectivity index (χ1) is 14.9. The van der Waals surface area contributed by atoms with Crippen LogP contribution in [-0.2, 0) is 9.59 Å². The number of nitrogens with zero attached hydrogens (tertiary/aromatic N) is 1. The van der Waals surface area contributed by atoms with E-state index in [0.717, 1.165) is 6.42 Å². The van der Waals surface area contributed by atoms with Gasteiger partial charge in [-0.05, 0) is 66.5 Å². The molecule has 2 aromatic carbocycles. The Hall–Kier alpha value is -2.63. The summed E-state index contributed by atoms with van der Waals surface area (Å²) in [6.45, 7) is 0. The molecule has 1 heterocycles. The lowest BCUT2D eigenvalue weighted by Crippen LogP contribution is -2.40. The first-order valence-corrected chi connectivity index (χ1v) is 11.1. The maximum atomic E-state index is 13.3. The van der Waals surface area contributed by atoms with Crippen LogP contribution in [0.15, 0.2) is 54.6 Å². The molecule has 6 atom stereocenters. The smallest absolute Gasteiger partial charge is 0.255 e. The molecular formula is C24H18Cl2N2O3. The maximum Gasteiger partial charge on any atom is 0.255 e. The van der Waals surface area contributed by atoms with Gasteiger partial charge in [0.1, 0.15) is 0 Å².